The number of rotatable bonds is 5. The Bertz CT molecular complexity index is 676. The highest BCUT2D eigenvalue weighted by atomic mass is 32.2. The predicted octanol–water partition coefficient (Wildman–Crippen LogP) is 4.41. The highest BCUT2D eigenvalue weighted by Crippen LogP contribution is 2.43. The van der Waals surface area contributed by atoms with Crippen molar-refractivity contribution in [2.75, 3.05) is 19.7 Å². The van der Waals surface area contributed by atoms with Crippen molar-refractivity contribution in [3.05, 3.63) is 60.2 Å². The van der Waals surface area contributed by atoms with E-state index in [1.54, 1.807) is 12.1 Å². The lowest BCUT2D eigenvalue weighted by molar-refractivity contribution is -0.275. The van der Waals surface area contributed by atoms with Crippen LogP contribution < -0.4 is 10.1 Å². The van der Waals surface area contributed by atoms with E-state index >= 15 is 0 Å². The van der Waals surface area contributed by atoms with Gasteiger partial charge in [0, 0.05) is 13.1 Å². The first kappa shape index (κ1) is 18.1. The number of morpholine rings is 1. The van der Waals surface area contributed by atoms with Crippen LogP contribution in [0.5, 0.6) is 5.75 Å². The van der Waals surface area contributed by atoms with E-state index in [1.807, 2.05) is 30.3 Å². The fraction of sp³-hybridized carbons (Fsp3) is 0.333. The Kier molecular flexibility index (Phi) is 5.88. The van der Waals surface area contributed by atoms with Crippen molar-refractivity contribution in [2.45, 2.75) is 22.6 Å². The second-order valence-electron chi connectivity index (χ2n) is 5.56. The molecule has 1 aliphatic rings. The second kappa shape index (κ2) is 8.12. The number of thioether (sulfide) groups is 1. The van der Waals surface area contributed by atoms with E-state index in [4.69, 9.17) is 4.74 Å². The van der Waals surface area contributed by atoms with Crippen molar-refractivity contribution < 1.29 is 22.6 Å². The van der Waals surface area contributed by atoms with Gasteiger partial charge in [-0.05, 0) is 17.7 Å². The lowest BCUT2D eigenvalue weighted by Gasteiger charge is -2.31. The topological polar surface area (TPSA) is 30.5 Å². The third-order valence-electron chi connectivity index (χ3n) is 3.75. The molecular weight excluding hydrogens is 351 g/mol. The maximum atomic E-state index is 12.7. The second-order valence-corrected chi connectivity index (χ2v) is 6.74. The molecule has 1 unspecified atom stereocenters. The highest BCUT2D eigenvalue weighted by Gasteiger charge is 2.33. The minimum absolute atomic E-state index is 0.139. The molecule has 7 heteroatoms. The number of hydrogen-bond acceptors (Lipinski definition) is 4. The van der Waals surface area contributed by atoms with Crippen LogP contribution in [0.15, 0.2) is 59.5 Å². The summed E-state index contributed by atoms with van der Waals surface area (Å²) in [5, 5.41) is 3.13. The van der Waals surface area contributed by atoms with Gasteiger partial charge in [0.15, 0.2) is 0 Å². The van der Waals surface area contributed by atoms with Gasteiger partial charge in [-0.2, -0.15) is 0 Å². The molecule has 0 aromatic heterocycles. The van der Waals surface area contributed by atoms with Gasteiger partial charge in [0.05, 0.1) is 22.9 Å². The molecule has 1 heterocycles. The van der Waals surface area contributed by atoms with E-state index in [1.165, 1.54) is 23.9 Å². The quantitative estimate of drug-likeness (QED) is 0.791. The first-order chi connectivity index (χ1) is 12.0. The van der Waals surface area contributed by atoms with Gasteiger partial charge < -0.3 is 14.8 Å². The molecule has 0 saturated carbocycles. The molecule has 0 spiro atoms. The minimum Gasteiger partial charge on any atom is -0.405 e. The summed E-state index contributed by atoms with van der Waals surface area (Å²) in [6, 6.07) is 15.9. The zero-order valence-corrected chi connectivity index (χ0v) is 14.1. The zero-order valence-electron chi connectivity index (χ0n) is 13.3. The SMILES string of the molecule is FC(F)(F)Oc1ccccc1SC(c1ccccc1)[C@@H]1CNCCO1. The van der Waals surface area contributed by atoms with Crippen molar-refractivity contribution in [1.82, 2.24) is 5.32 Å². The van der Waals surface area contributed by atoms with Crippen LogP contribution in [0.4, 0.5) is 13.2 Å². The first-order valence-corrected chi connectivity index (χ1v) is 8.79. The van der Waals surface area contributed by atoms with E-state index < -0.39 is 6.36 Å². The Morgan fingerprint density at radius 2 is 1.80 bits per heavy atom. The molecule has 0 aliphatic carbocycles. The number of benzene rings is 2. The van der Waals surface area contributed by atoms with Gasteiger partial charge in [-0.15, -0.1) is 24.9 Å². The number of para-hydroxylation sites is 1. The number of nitrogens with one attached hydrogen (secondary N) is 1. The van der Waals surface area contributed by atoms with Crippen molar-refractivity contribution in [1.29, 1.82) is 0 Å². The number of hydrogen-bond donors (Lipinski definition) is 1. The number of ether oxygens (including phenoxy) is 2. The molecule has 25 heavy (non-hydrogen) atoms. The Morgan fingerprint density at radius 1 is 1.08 bits per heavy atom. The molecule has 2 atom stereocenters. The van der Waals surface area contributed by atoms with Crippen LogP contribution >= 0.6 is 11.8 Å². The highest BCUT2D eigenvalue weighted by molar-refractivity contribution is 7.99. The smallest absolute Gasteiger partial charge is 0.405 e. The molecule has 2 aromatic carbocycles. The Balaban J connectivity index is 1.88. The van der Waals surface area contributed by atoms with Gasteiger partial charge in [0.1, 0.15) is 5.75 Å². The summed E-state index contributed by atoms with van der Waals surface area (Å²) in [5.41, 5.74) is 1.00. The van der Waals surface area contributed by atoms with E-state index in [0.29, 0.717) is 18.0 Å². The molecule has 3 nitrogen and oxygen atoms in total. The average molecular weight is 369 g/mol. The van der Waals surface area contributed by atoms with Gasteiger partial charge in [0.2, 0.25) is 0 Å². The van der Waals surface area contributed by atoms with E-state index in [2.05, 4.69) is 10.1 Å². The normalized spacial score (nSPS) is 19.4. The number of alkyl halides is 3. The Labute approximate surface area is 148 Å². The third kappa shape index (κ3) is 5.14. The molecule has 1 aliphatic heterocycles. The lowest BCUT2D eigenvalue weighted by Crippen LogP contribution is -2.41. The number of halogens is 3. The van der Waals surface area contributed by atoms with E-state index in [0.717, 1.165) is 12.1 Å². The van der Waals surface area contributed by atoms with Crippen LogP contribution in [-0.2, 0) is 4.74 Å². The van der Waals surface area contributed by atoms with E-state index in [9.17, 15) is 13.2 Å². The van der Waals surface area contributed by atoms with Crippen LogP contribution in [0.2, 0.25) is 0 Å². The lowest BCUT2D eigenvalue weighted by atomic mass is 10.1. The molecule has 1 N–H and O–H groups in total. The average Bonchev–Trinajstić information content (AvgIpc) is 2.61. The monoisotopic (exact) mass is 369 g/mol. The van der Waals surface area contributed by atoms with Gasteiger partial charge in [-0.3, -0.25) is 0 Å². The van der Waals surface area contributed by atoms with Gasteiger partial charge >= 0.3 is 6.36 Å². The maximum Gasteiger partial charge on any atom is 0.573 e. The van der Waals surface area contributed by atoms with Crippen LogP contribution in [0.3, 0.4) is 0 Å². The summed E-state index contributed by atoms with van der Waals surface area (Å²) in [6.07, 6.45) is -4.86. The van der Waals surface area contributed by atoms with Crippen LogP contribution in [0, 0.1) is 0 Å². The minimum atomic E-state index is -4.72. The standard InChI is InChI=1S/C18H18F3NO2S/c19-18(20,21)24-14-8-4-5-9-16(14)25-17(13-6-2-1-3-7-13)15-12-22-10-11-23-15/h1-9,15,17,22H,10-12H2/t15-,17?/m0/s1. The summed E-state index contributed by atoms with van der Waals surface area (Å²) in [6.45, 7) is 2.00. The summed E-state index contributed by atoms with van der Waals surface area (Å²) < 4.78 is 48.1. The van der Waals surface area contributed by atoms with E-state index in [-0.39, 0.29) is 17.1 Å². The first-order valence-electron chi connectivity index (χ1n) is 7.91. The summed E-state index contributed by atoms with van der Waals surface area (Å²) in [4.78, 5) is 0.433. The molecule has 3 rings (SSSR count). The Hall–Kier alpha value is -1.70. The van der Waals surface area contributed by atoms with Crippen molar-refractivity contribution in [2.24, 2.45) is 0 Å². The maximum absolute atomic E-state index is 12.7. The van der Waals surface area contributed by atoms with Crippen molar-refractivity contribution >= 4 is 11.8 Å². The molecule has 134 valence electrons. The van der Waals surface area contributed by atoms with Crippen LogP contribution in [0.1, 0.15) is 10.8 Å². The molecule has 2 aromatic rings. The summed E-state index contributed by atoms with van der Waals surface area (Å²) >= 11 is 1.33. The zero-order chi connectivity index (χ0) is 17.7. The fourth-order valence-corrected chi connectivity index (χ4v) is 3.95. The summed E-state index contributed by atoms with van der Waals surface area (Å²) in [5.74, 6) is -0.190. The van der Waals surface area contributed by atoms with Crippen LogP contribution in [-0.4, -0.2) is 32.2 Å². The van der Waals surface area contributed by atoms with Crippen LogP contribution in [0.25, 0.3) is 0 Å². The van der Waals surface area contributed by atoms with Gasteiger partial charge in [0.25, 0.3) is 0 Å². The van der Waals surface area contributed by atoms with Crippen molar-refractivity contribution in [3.8, 4) is 5.75 Å². The molecule has 0 bridgehead atoms. The fourth-order valence-electron chi connectivity index (χ4n) is 2.67. The van der Waals surface area contributed by atoms with Gasteiger partial charge in [-0.1, -0.05) is 42.5 Å². The van der Waals surface area contributed by atoms with Gasteiger partial charge in [-0.25, -0.2) is 0 Å². The molecule has 0 amide bonds. The molecule has 1 fully saturated rings. The molecular formula is C18H18F3NO2S. The largest absolute Gasteiger partial charge is 0.573 e. The molecule has 0 radical (unpaired) electrons. The molecule has 1 saturated heterocycles. The summed E-state index contributed by atoms with van der Waals surface area (Å²) in [7, 11) is 0. The third-order valence-corrected chi connectivity index (χ3v) is 5.17. The predicted molar refractivity (Wildman–Crippen MR) is 90.8 cm³/mol. The Morgan fingerprint density at radius 3 is 2.48 bits per heavy atom. The van der Waals surface area contributed by atoms with Crippen molar-refractivity contribution in [3.63, 3.8) is 0 Å².